The number of anilines is 1. The minimum absolute atomic E-state index is 0.0413. The lowest BCUT2D eigenvalue weighted by molar-refractivity contribution is 0.304. The van der Waals surface area contributed by atoms with Crippen LogP contribution < -0.4 is 10.9 Å². The van der Waals surface area contributed by atoms with Crippen LogP contribution >= 0.6 is 11.3 Å². The van der Waals surface area contributed by atoms with Gasteiger partial charge in [-0.3, -0.25) is 4.79 Å². The molecule has 112 valence electrons. The Morgan fingerprint density at radius 1 is 1.43 bits per heavy atom. The van der Waals surface area contributed by atoms with Crippen molar-refractivity contribution in [1.82, 2.24) is 19.7 Å². The van der Waals surface area contributed by atoms with Crippen molar-refractivity contribution in [3.63, 3.8) is 0 Å². The van der Waals surface area contributed by atoms with E-state index in [1.165, 1.54) is 22.6 Å². The first-order chi connectivity index (χ1) is 10.1. The summed E-state index contributed by atoms with van der Waals surface area (Å²) >= 11 is 1.41. The fraction of sp³-hybridized carbons (Fsp3) is 0.500. The maximum Gasteiger partial charge on any atom is 0.261 e. The second-order valence-electron chi connectivity index (χ2n) is 5.23. The van der Waals surface area contributed by atoms with Crippen molar-refractivity contribution in [2.75, 3.05) is 26.0 Å². The summed E-state index contributed by atoms with van der Waals surface area (Å²) in [6.07, 6.45) is 0.924. The van der Waals surface area contributed by atoms with Crippen LogP contribution in [0.5, 0.6) is 0 Å². The van der Waals surface area contributed by atoms with E-state index in [0.717, 1.165) is 24.6 Å². The molecule has 6 nitrogen and oxygen atoms in total. The third-order valence-corrected chi connectivity index (χ3v) is 4.82. The Morgan fingerprint density at radius 2 is 2.24 bits per heavy atom. The number of aromatic nitrogens is 3. The number of nitrogens with one attached hydrogen (secondary N) is 1. The Kier molecular flexibility index (Phi) is 3.77. The number of pyridine rings is 1. The number of rotatable bonds is 3. The van der Waals surface area contributed by atoms with E-state index in [-0.39, 0.29) is 5.56 Å². The van der Waals surface area contributed by atoms with Crippen molar-refractivity contribution in [1.29, 1.82) is 0 Å². The number of fused-ring (bicyclic) bond motifs is 1. The average Bonchev–Trinajstić information content (AvgIpc) is 2.95. The Bertz CT molecular complexity index is 721. The quantitative estimate of drug-likeness (QED) is 0.929. The zero-order chi connectivity index (χ0) is 15.0. The second-order valence-corrected chi connectivity index (χ2v) is 6.21. The van der Waals surface area contributed by atoms with Crippen LogP contribution in [0.25, 0.3) is 10.6 Å². The molecule has 0 saturated heterocycles. The molecule has 3 heterocycles. The van der Waals surface area contributed by atoms with Gasteiger partial charge in [0.25, 0.3) is 5.56 Å². The number of hydrogen-bond donors (Lipinski definition) is 1. The predicted octanol–water partition coefficient (Wildman–Crippen LogP) is 1.42. The standard InChI is InChI=1S/C14H19N5OS/c1-4-19-11-5-6-18(3)8-9(11)7-10(13(19)20)12-16-17-14(15-2)21-12/h7H,4-6,8H2,1-3H3,(H,15,17). The van der Waals surface area contributed by atoms with Crippen molar-refractivity contribution in [3.8, 4) is 10.6 Å². The van der Waals surface area contributed by atoms with Crippen LogP contribution in [0.15, 0.2) is 10.9 Å². The van der Waals surface area contributed by atoms with Crippen LogP contribution in [0.2, 0.25) is 0 Å². The van der Waals surface area contributed by atoms with Gasteiger partial charge in [-0.25, -0.2) is 0 Å². The molecule has 3 rings (SSSR count). The third-order valence-electron chi connectivity index (χ3n) is 3.85. The number of hydrogen-bond acceptors (Lipinski definition) is 6. The van der Waals surface area contributed by atoms with E-state index in [4.69, 9.17) is 0 Å². The molecule has 2 aromatic heterocycles. The van der Waals surface area contributed by atoms with Crippen molar-refractivity contribution >= 4 is 16.5 Å². The van der Waals surface area contributed by atoms with Crippen molar-refractivity contribution in [2.24, 2.45) is 0 Å². The molecule has 0 unspecified atom stereocenters. The Hall–Kier alpha value is -1.73. The fourth-order valence-corrected chi connectivity index (χ4v) is 3.49. The van der Waals surface area contributed by atoms with Crippen LogP contribution in [-0.4, -0.2) is 40.3 Å². The molecule has 1 aliphatic heterocycles. The maximum atomic E-state index is 12.7. The molecule has 0 radical (unpaired) electrons. The number of likely N-dealkylation sites (N-methyl/N-ethyl adjacent to an activating group) is 1. The third kappa shape index (κ3) is 2.47. The molecule has 0 aliphatic carbocycles. The summed E-state index contributed by atoms with van der Waals surface area (Å²) in [6, 6.07) is 2.00. The summed E-state index contributed by atoms with van der Waals surface area (Å²) < 4.78 is 1.89. The molecule has 0 saturated carbocycles. The molecule has 2 aromatic rings. The smallest absolute Gasteiger partial charge is 0.261 e. The highest BCUT2D eigenvalue weighted by Crippen LogP contribution is 2.27. The van der Waals surface area contributed by atoms with Crippen molar-refractivity contribution in [2.45, 2.75) is 26.4 Å². The molecule has 0 spiro atoms. The molecule has 1 N–H and O–H groups in total. The summed E-state index contributed by atoms with van der Waals surface area (Å²) in [7, 11) is 3.91. The maximum absolute atomic E-state index is 12.7. The fourth-order valence-electron chi connectivity index (χ4n) is 2.78. The van der Waals surface area contributed by atoms with Crippen LogP contribution in [-0.2, 0) is 19.5 Å². The van der Waals surface area contributed by atoms with Crippen molar-refractivity contribution < 1.29 is 0 Å². The van der Waals surface area contributed by atoms with E-state index >= 15 is 0 Å². The summed E-state index contributed by atoms with van der Waals surface area (Å²) in [4.78, 5) is 15.0. The Morgan fingerprint density at radius 3 is 2.90 bits per heavy atom. The Labute approximate surface area is 127 Å². The SMILES string of the molecule is CCn1c2c(cc(-c3nnc(NC)s3)c1=O)CN(C)CC2. The van der Waals surface area contributed by atoms with Gasteiger partial charge in [0, 0.05) is 38.8 Å². The van der Waals surface area contributed by atoms with Gasteiger partial charge < -0.3 is 14.8 Å². The summed E-state index contributed by atoms with van der Waals surface area (Å²) in [5, 5.41) is 12.5. The van der Waals surface area contributed by atoms with Gasteiger partial charge >= 0.3 is 0 Å². The molecular weight excluding hydrogens is 286 g/mol. The largest absolute Gasteiger partial charge is 0.363 e. The second kappa shape index (κ2) is 5.57. The van der Waals surface area contributed by atoms with E-state index < -0.39 is 0 Å². The molecular formula is C14H19N5OS. The van der Waals surface area contributed by atoms with Gasteiger partial charge in [-0.05, 0) is 25.6 Å². The van der Waals surface area contributed by atoms with Gasteiger partial charge in [-0.1, -0.05) is 11.3 Å². The van der Waals surface area contributed by atoms with E-state index in [1.807, 2.05) is 17.6 Å². The van der Waals surface area contributed by atoms with Gasteiger partial charge in [0.05, 0.1) is 5.56 Å². The van der Waals surface area contributed by atoms with Crippen LogP contribution in [0.1, 0.15) is 18.2 Å². The highest BCUT2D eigenvalue weighted by atomic mass is 32.1. The number of nitrogens with zero attached hydrogens (tertiary/aromatic N) is 4. The highest BCUT2D eigenvalue weighted by Gasteiger charge is 2.21. The molecule has 0 amide bonds. The Balaban J connectivity index is 2.17. The van der Waals surface area contributed by atoms with Gasteiger partial charge in [-0.2, -0.15) is 0 Å². The minimum Gasteiger partial charge on any atom is -0.363 e. The van der Waals surface area contributed by atoms with Gasteiger partial charge in [0.1, 0.15) is 0 Å². The molecule has 0 atom stereocenters. The summed E-state index contributed by atoms with van der Waals surface area (Å²) in [6.45, 7) is 4.58. The van der Waals surface area contributed by atoms with E-state index in [0.29, 0.717) is 17.1 Å². The first kappa shape index (κ1) is 14.2. The van der Waals surface area contributed by atoms with Crippen LogP contribution in [0.4, 0.5) is 5.13 Å². The van der Waals surface area contributed by atoms with Gasteiger partial charge in [-0.15, -0.1) is 10.2 Å². The summed E-state index contributed by atoms with van der Waals surface area (Å²) in [5.41, 5.74) is 3.09. The lowest BCUT2D eigenvalue weighted by Crippen LogP contribution is -2.34. The first-order valence-electron chi connectivity index (χ1n) is 7.09. The lowest BCUT2D eigenvalue weighted by Gasteiger charge is -2.27. The predicted molar refractivity (Wildman–Crippen MR) is 84.9 cm³/mol. The minimum atomic E-state index is 0.0413. The van der Waals surface area contributed by atoms with Gasteiger partial charge in [0.2, 0.25) is 5.13 Å². The zero-order valence-corrected chi connectivity index (χ0v) is 13.3. The van der Waals surface area contributed by atoms with Gasteiger partial charge in [0.15, 0.2) is 5.01 Å². The topological polar surface area (TPSA) is 63.1 Å². The lowest BCUT2D eigenvalue weighted by atomic mass is 10.0. The average molecular weight is 305 g/mol. The molecule has 0 bridgehead atoms. The normalized spacial score (nSPS) is 15.0. The molecule has 1 aliphatic rings. The van der Waals surface area contributed by atoms with Crippen LogP contribution in [0, 0.1) is 0 Å². The molecule has 0 fully saturated rings. The molecule has 21 heavy (non-hydrogen) atoms. The monoisotopic (exact) mass is 305 g/mol. The first-order valence-corrected chi connectivity index (χ1v) is 7.91. The van der Waals surface area contributed by atoms with E-state index in [1.54, 1.807) is 7.05 Å². The zero-order valence-electron chi connectivity index (χ0n) is 12.5. The molecule has 0 aromatic carbocycles. The molecule has 7 heteroatoms. The van der Waals surface area contributed by atoms with E-state index in [9.17, 15) is 4.79 Å². The highest BCUT2D eigenvalue weighted by molar-refractivity contribution is 7.18. The van der Waals surface area contributed by atoms with Crippen molar-refractivity contribution in [3.05, 3.63) is 27.7 Å². The summed E-state index contributed by atoms with van der Waals surface area (Å²) in [5.74, 6) is 0. The van der Waals surface area contributed by atoms with E-state index in [2.05, 4.69) is 27.5 Å². The van der Waals surface area contributed by atoms with Crippen LogP contribution in [0.3, 0.4) is 0 Å².